The zero-order valence-electron chi connectivity index (χ0n) is 10.3. The van der Waals surface area contributed by atoms with E-state index in [9.17, 15) is 17.6 Å². The maximum Gasteiger partial charge on any atom is 0.311 e. The molecule has 1 aromatic heterocycles. The summed E-state index contributed by atoms with van der Waals surface area (Å²) >= 11 is 0. The zero-order valence-corrected chi connectivity index (χ0v) is 11.1. The Labute approximate surface area is 109 Å². The first-order valence-electron chi connectivity index (χ1n) is 5.71. The molecule has 6 nitrogen and oxygen atoms in total. The minimum atomic E-state index is -3.27. The number of rotatable bonds is 5. The summed E-state index contributed by atoms with van der Waals surface area (Å²) in [4.78, 5) is 18.5. The Kier molecular flexibility index (Phi) is 3.79. The summed E-state index contributed by atoms with van der Waals surface area (Å²) in [5, 5.41) is -0.329. The normalized spacial score (nSPS) is 15.3. The van der Waals surface area contributed by atoms with E-state index in [2.05, 4.69) is 14.7 Å². The number of hydrogen-bond acceptors (Lipinski definition) is 6. The number of nitrogens with zero attached hydrogens (tertiary/aromatic N) is 2. The Hall–Kier alpha value is -1.57. The molecule has 1 aliphatic rings. The van der Waals surface area contributed by atoms with Gasteiger partial charge < -0.3 is 4.74 Å². The fourth-order valence-electron chi connectivity index (χ4n) is 1.57. The lowest BCUT2D eigenvalue weighted by Crippen LogP contribution is -2.15. The summed E-state index contributed by atoms with van der Waals surface area (Å²) in [6.45, 7) is 0. The number of halogens is 1. The van der Waals surface area contributed by atoms with Gasteiger partial charge in [0.05, 0.1) is 30.7 Å². The van der Waals surface area contributed by atoms with Gasteiger partial charge in [-0.15, -0.1) is 0 Å². The third-order valence-corrected chi connectivity index (χ3v) is 4.92. The molecule has 0 bridgehead atoms. The van der Waals surface area contributed by atoms with Crippen LogP contribution in [0.4, 0.5) is 4.39 Å². The van der Waals surface area contributed by atoms with Gasteiger partial charge in [0.1, 0.15) is 11.6 Å². The topological polar surface area (TPSA) is 86.2 Å². The number of methoxy groups -OCH3 is 1. The average molecular weight is 288 g/mol. The lowest BCUT2D eigenvalue weighted by Gasteiger charge is -2.05. The predicted octanol–water partition coefficient (Wildman–Crippen LogP) is 0.408. The Morgan fingerprint density at radius 1 is 1.53 bits per heavy atom. The van der Waals surface area contributed by atoms with Gasteiger partial charge in [-0.1, -0.05) is 0 Å². The molecule has 1 heterocycles. The Bertz CT molecular complexity index is 599. The van der Waals surface area contributed by atoms with Gasteiger partial charge in [-0.2, -0.15) is 0 Å². The van der Waals surface area contributed by atoms with Crippen LogP contribution in [0.2, 0.25) is 0 Å². The van der Waals surface area contributed by atoms with Crippen molar-refractivity contribution in [2.24, 2.45) is 0 Å². The van der Waals surface area contributed by atoms with Crippen LogP contribution < -0.4 is 0 Å². The van der Waals surface area contributed by atoms with Gasteiger partial charge in [-0.3, -0.25) is 4.79 Å². The van der Waals surface area contributed by atoms with Gasteiger partial charge in [-0.05, 0) is 12.8 Å². The van der Waals surface area contributed by atoms with E-state index >= 15 is 0 Å². The van der Waals surface area contributed by atoms with Crippen molar-refractivity contribution in [1.29, 1.82) is 0 Å². The summed E-state index contributed by atoms with van der Waals surface area (Å²) < 4.78 is 41.3. The summed E-state index contributed by atoms with van der Waals surface area (Å²) in [7, 11) is -2.09. The molecule has 1 aliphatic carbocycles. The molecule has 0 unspecified atom stereocenters. The molecule has 0 aromatic carbocycles. The molecule has 2 rings (SSSR count). The molecule has 1 saturated carbocycles. The predicted molar refractivity (Wildman–Crippen MR) is 63.4 cm³/mol. The van der Waals surface area contributed by atoms with Crippen LogP contribution >= 0.6 is 0 Å². The monoisotopic (exact) mass is 288 g/mol. The first kappa shape index (κ1) is 13.9. The number of ether oxygens (including phenoxy) is 1. The summed E-state index contributed by atoms with van der Waals surface area (Å²) in [6, 6.07) is 0. The number of hydrogen-bond donors (Lipinski definition) is 0. The third-order valence-electron chi connectivity index (χ3n) is 2.77. The highest BCUT2D eigenvalue weighted by molar-refractivity contribution is 7.91. The Morgan fingerprint density at radius 3 is 2.79 bits per heavy atom. The minimum Gasteiger partial charge on any atom is -0.469 e. The second-order valence-corrected chi connectivity index (χ2v) is 6.62. The molecule has 0 radical (unpaired) electrons. The van der Waals surface area contributed by atoms with Crippen LogP contribution in [0.1, 0.15) is 24.4 Å². The van der Waals surface area contributed by atoms with Gasteiger partial charge in [0.15, 0.2) is 15.7 Å². The highest BCUT2D eigenvalue weighted by Crippen LogP contribution is 2.30. The minimum absolute atomic E-state index is 0.00667. The van der Waals surface area contributed by atoms with E-state index in [-0.39, 0.29) is 28.9 Å². The second-order valence-electron chi connectivity index (χ2n) is 4.34. The molecular weight excluding hydrogens is 275 g/mol. The number of carbonyl (C=O) groups excluding carboxylic acids is 1. The molecule has 0 N–H and O–H groups in total. The number of aromatic nitrogens is 2. The largest absolute Gasteiger partial charge is 0.469 e. The maximum atomic E-state index is 13.4. The number of esters is 1. The van der Waals surface area contributed by atoms with Crippen LogP contribution in [0.15, 0.2) is 6.20 Å². The SMILES string of the molecule is COC(=O)Cc1nc(CS(=O)(=O)C2CC2)ncc1F. The third kappa shape index (κ3) is 3.46. The van der Waals surface area contributed by atoms with E-state index in [0.717, 1.165) is 6.20 Å². The first-order chi connectivity index (χ1) is 8.92. The smallest absolute Gasteiger partial charge is 0.311 e. The molecule has 104 valence electrons. The van der Waals surface area contributed by atoms with E-state index in [0.29, 0.717) is 12.8 Å². The van der Waals surface area contributed by atoms with Gasteiger partial charge in [0, 0.05) is 0 Å². The standard InChI is InChI=1S/C11H13FN2O4S/c1-18-11(15)4-9-8(12)5-13-10(14-9)6-19(16,17)7-2-3-7/h5,7H,2-4,6H2,1H3. The molecule has 1 fully saturated rings. The van der Waals surface area contributed by atoms with E-state index < -0.39 is 21.6 Å². The molecule has 1 aromatic rings. The molecule has 8 heteroatoms. The Morgan fingerprint density at radius 2 is 2.21 bits per heavy atom. The van der Waals surface area contributed by atoms with Gasteiger partial charge in [0.2, 0.25) is 0 Å². The van der Waals surface area contributed by atoms with Crippen molar-refractivity contribution in [2.45, 2.75) is 30.3 Å². The van der Waals surface area contributed by atoms with Crippen LogP contribution in [0, 0.1) is 5.82 Å². The van der Waals surface area contributed by atoms with Crippen molar-refractivity contribution in [2.75, 3.05) is 7.11 Å². The van der Waals surface area contributed by atoms with E-state index in [4.69, 9.17) is 0 Å². The molecule has 0 aliphatic heterocycles. The molecule has 19 heavy (non-hydrogen) atoms. The zero-order chi connectivity index (χ0) is 14.0. The average Bonchev–Trinajstić information content (AvgIpc) is 3.17. The lowest BCUT2D eigenvalue weighted by atomic mass is 10.3. The molecule has 0 atom stereocenters. The van der Waals surface area contributed by atoms with Crippen molar-refractivity contribution >= 4 is 15.8 Å². The maximum absolute atomic E-state index is 13.4. The molecular formula is C11H13FN2O4S. The van der Waals surface area contributed by atoms with E-state index in [1.807, 2.05) is 0 Å². The van der Waals surface area contributed by atoms with Crippen molar-refractivity contribution in [1.82, 2.24) is 9.97 Å². The van der Waals surface area contributed by atoms with Crippen molar-refractivity contribution in [3.8, 4) is 0 Å². The summed E-state index contributed by atoms with van der Waals surface area (Å²) in [5.74, 6) is -1.72. The highest BCUT2D eigenvalue weighted by atomic mass is 32.2. The van der Waals surface area contributed by atoms with Crippen LogP contribution in [0.3, 0.4) is 0 Å². The van der Waals surface area contributed by atoms with E-state index in [1.165, 1.54) is 7.11 Å². The molecule has 0 amide bonds. The fourth-order valence-corrected chi connectivity index (χ4v) is 3.16. The first-order valence-corrected chi connectivity index (χ1v) is 7.42. The van der Waals surface area contributed by atoms with Crippen molar-refractivity contribution in [3.05, 3.63) is 23.5 Å². The van der Waals surface area contributed by atoms with Crippen LogP contribution in [0.5, 0.6) is 0 Å². The van der Waals surface area contributed by atoms with Crippen molar-refractivity contribution in [3.63, 3.8) is 0 Å². The van der Waals surface area contributed by atoms with Crippen molar-refractivity contribution < 1.29 is 22.3 Å². The van der Waals surface area contributed by atoms with Gasteiger partial charge >= 0.3 is 5.97 Å². The van der Waals surface area contributed by atoms with Crippen LogP contribution in [0.25, 0.3) is 0 Å². The number of carbonyl (C=O) groups is 1. The molecule has 0 spiro atoms. The van der Waals surface area contributed by atoms with Crippen LogP contribution in [-0.2, 0) is 31.5 Å². The summed E-state index contributed by atoms with van der Waals surface area (Å²) in [5.41, 5.74) is -0.150. The lowest BCUT2D eigenvalue weighted by molar-refractivity contribution is -0.139. The quantitative estimate of drug-likeness (QED) is 0.729. The number of sulfone groups is 1. The Balaban J connectivity index is 2.18. The molecule has 0 saturated heterocycles. The highest BCUT2D eigenvalue weighted by Gasteiger charge is 2.36. The fraction of sp³-hybridized carbons (Fsp3) is 0.545. The second kappa shape index (κ2) is 5.20. The van der Waals surface area contributed by atoms with E-state index in [1.54, 1.807) is 0 Å². The van der Waals surface area contributed by atoms with Crippen LogP contribution in [-0.4, -0.2) is 36.7 Å². The van der Waals surface area contributed by atoms with Gasteiger partial charge in [0.25, 0.3) is 0 Å². The van der Waals surface area contributed by atoms with Gasteiger partial charge in [-0.25, -0.2) is 22.8 Å². The summed E-state index contributed by atoms with van der Waals surface area (Å²) in [6.07, 6.45) is 1.83.